The van der Waals surface area contributed by atoms with Crippen molar-refractivity contribution in [2.24, 2.45) is 0 Å². The topological polar surface area (TPSA) is 23.8 Å². The largest absolute Gasteiger partial charge is 0.418 e. The Kier molecular flexibility index (Phi) is 4.53. The highest BCUT2D eigenvalue weighted by Crippen LogP contribution is 2.51. The van der Waals surface area contributed by atoms with Crippen LogP contribution in [0, 0.1) is 11.3 Å². The Morgan fingerprint density at radius 3 is 1.21 bits per heavy atom. The highest BCUT2D eigenvalue weighted by molar-refractivity contribution is 5.55. The lowest BCUT2D eigenvalue weighted by Gasteiger charge is -2.25. The van der Waals surface area contributed by atoms with E-state index in [0.29, 0.717) is 6.07 Å². The number of rotatable bonds is 0. The van der Waals surface area contributed by atoms with E-state index in [9.17, 15) is 52.7 Å². The van der Waals surface area contributed by atoms with Gasteiger partial charge in [-0.15, -0.1) is 0 Å². The molecule has 0 saturated heterocycles. The predicted octanol–water partition coefficient (Wildman–Crippen LogP) is 5.63. The summed E-state index contributed by atoms with van der Waals surface area (Å²) in [6.45, 7) is 0. The first-order valence-electron chi connectivity index (χ1n) is 5.32. The van der Waals surface area contributed by atoms with E-state index >= 15 is 0 Å². The lowest BCUT2D eigenvalue weighted by atomic mass is 9.90. The van der Waals surface area contributed by atoms with E-state index in [4.69, 9.17) is 5.26 Å². The molecule has 0 bridgehead atoms. The molecule has 134 valence electrons. The summed E-state index contributed by atoms with van der Waals surface area (Å²) in [4.78, 5) is 0. The summed E-state index contributed by atoms with van der Waals surface area (Å²) in [5.41, 5.74) is -15.5. The molecule has 1 aromatic carbocycles. The van der Waals surface area contributed by atoms with E-state index < -0.39 is 58.6 Å². The molecule has 0 N–H and O–H groups in total. The minimum atomic E-state index is -6.46. The first kappa shape index (κ1) is 19.9. The van der Waals surface area contributed by atoms with Gasteiger partial charge in [-0.25, -0.2) is 0 Å². The molecule has 24 heavy (non-hydrogen) atoms. The normalized spacial score (nSPS) is 13.8. The smallest absolute Gasteiger partial charge is 0.192 e. The molecule has 0 saturated carbocycles. The number of benzene rings is 1. The zero-order valence-corrected chi connectivity index (χ0v) is 10.6. The van der Waals surface area contributed by atoms with Crippen LogP contribution in [0.15, 0.2) is 6.07 Å². The first-order chi connectivity index (χ1) is 10.4. The summed E-state index contributed by atoms with van der Waals surface area (Å²) in [6, 6.07) is -0.483. The monoisotopic (exact) mass is 375 g/mol. The van der Waals surface area contributed by atoms with Gasteiger partial charge in [0.2, 0.25) is 0 Å². The van der Waals surface area contributed by atoms with Gasteiger partial charge >= 0.3 is 24.7 Å². The van der Waals surface area contributed by atoms with E-state index in [1.54, 1.807) is 0 Å². The molecule has 13 heteroatoms. The molecule has 0 aliphatic rings. The lowest BCUT2D eigenvalue weighted by molar-refractivity contribution is -0.182. The minimum absolute atomic E-state index is 0.418. The van der Waals surface area contributed by atoms with Gasteiger partial charge in [-0.1, -0.05) is 0 Å². The van der Waals surface area contributed by atoms with E-state index in [-0.39, 0.29) is 0 Å². The molecule has 0 aliphatic carbocycles. The minimum Gasteiger partial charge on any atom is -0.192 e. The van der Waals surface area contributed by atoms with Gasteiger partial charge in [-0.3, -0.25) is 0 Å². The molecular weight excluding hydrogens is 374 g/mol. The van der Waals surface area contributed by atoms with Crippen molar-refractivity contribution in [3.8, 4) is 6.07 Å². The maximum atomic E-state index is 12.8. The van der Waals surface area contributed by atoms with Crippen LogP contribution in [-0.4, -0.2) is 0 Å². The number of alkyl halides is 12. The van der Waals surface area contributed by atoms with Crippen molar-refractivity contribution in [1.29, 1.82) is 5.26 Å². The van der Waals surface area contributed by atoms with Crippen molar-refractivity contribution in [2.75, 3.05) is 0 Å². The van der Waals surface area contributed by atoms with Gasteiger partial charge in [0.25, 0.3) is 0 Å². The number of halogens is 12. The maximum absolute atomic E-state index is 12.8. The van der Waals surface area contributed by atoms with Crippen LogP contribution in [0.1, 0.15) is 27.8 Å². The summed E-state index contributed by atoms with van der Waals surface area (Å²) >= 11 is 0. The number of hydrogen-bond donors (Lipinski definition) is 0. The van der Waals surface area contributed by atoms with Crippen molar-refractivity contribution >= 4 is 0 Å². The van der Waals surface area contributed by atoms with Crippen LogP contribution in [0.25, 0.3) is 0 Å². The first-order valence-corrected chi connectivity index (χ1v) is 5.32. The van der Waals surface area contributed by atoms with E-state index in [1.165, 1.54) is 0 Å². The molecule has 0 unspecified atom stereocenters. The van der Waals surface area contributed by atoms with Crippen LogP contribution in [0.3, 0.4) is 0 Å². The molecule has 1 rings (SSSR count). The zero-order valence-electron chi connectivity index (χ0n) is 10.6. The van der Waals surface area contributed by atoms with Gasteiger partial charge in [-0.05, 0) is 6.07 Å². The maximum Gasteiger partial charge on any atom is 0.418 e. The SMILES string of the molecule is N#Cc1cc(C(F)(F)F)c(C(F)(F)F)c(C(F)(F)F)c1C(F)(F)F. The van der Waals surface area contributed by atoms with Crippen molar-refractivity contribution in [3.63, 3.8) is 0 Å². The summed E-state index contributed by atoms with van der Waals surface area (Å²) in [5, 5.41) is 8.39. The van der Waals surface area contributed by atoms with E-state index in [0.717, 1.165) is 0 Å². The highest BCUT2D eigenvalue weighted by Gasteiger charge is 2.55. The third-order valence-corrected chi connectivity index (χ3v) is 2.60. The van der Waals surface area contributed by atoms with Gasteiger partial charge in [-0.2, -0.15) is 57.9 Å². The Morgan fingerprint density at radius 2 is 0.958 bits per heavy atom. The van der Waals surface area contributed by atoms with Gasteiger partial charge < -0.3 is 0 Å². The fourth-order valence-electron chi connectivity index (χ4n) is 1.87. The van der Waals surface area contributed by atoms with E-state index in [1.807, 2.05) is 0 Å². The van der Waals surface area contributed by atoms with Gasteiger partial charge in [0.05, 0.1) is 33.9 Å². The Labute approximate surface area is 124 Å². The molecule has 0 atom stereocenters. The average Bonchev–Trinajstić information content (AvgIpc) is 2.31. The molecule has 0 amide bonds. The molecule has 0 aliphatic heterocycles. The molecule has 0 fully saturated rings. The second kappa shape index (κ2) is 5.45. The van der Waals surface area contributed by atoms with Crippen LogP contribution >= 0.6 is 0 Å². The molecule has 0 heterocycles. The van der Waals surface area contributed by atoms with Gasteiger partial charge in [0, 0.05) is 0 Å². The third kappa shape index (κ3) is 3.68. The summed E-state index contributed by atoms with van der Waals surface area (Å²) in [7, 11) is 0. The molecule has 0 radical (unpaired) electrons. The predicted molar refractivity (Wildman–Crippen MR) is 51.2 cm³/mol. The summed E-state index contributed by atoms with van der Waals surface area (Å²) < 4.78 is 153. The number of hydrogen-bond acceptors (Lipinski definition) is 1. The van der Waals surface area contributed by atoms with Crippen LogP contribution in [0.5, 0.6) is 0 Å². The van der Waals surface area contributed by atoms with Crippen LogP contribution in [-0.2, 0) is 24.7 Å². The van der Waals surface area contributed by atoms with Crippen molar-refractivity contribution in [1.82, 2.24) is 0 Å². The van der Waals surface area contributed by atoms with E-state index in [2.05, 4.69) is 0 Å². The molecule has 0 aromatic heterocycles. The van der Waals surface area contributed by atoms with Crippen molar-refractivity contribution in [2.45, 2.75) is 24.7 Å². The fourth-order valence-corrected chi connectivity index (χ4v) is 1.87. The Bertz CT molecular complexity index is 680. The Morgan fingerprint density at radius 1 is 0.583 bits per heavy atom. The average molecular weight is 375 g/mol. The Hall–Kier alpha value is -2.13. The van der Waals surface area contributed by atoms with Crippen molar-refractivity contribution < 1.29 is 52.7 Å². The highest BCUT2D eigenvalue weighted by atomic mass is 19.4. The molecular formula is C11HF12N. The summed E-state index contributed by atoms with van der Waals surface area (Å²) in [5.74, 6) is 0. The third-order valence-electron chi connectivity index (χ3n) is 2.60. The second-order valence-corrected chi connectivity index (χ2v) is 4.20. The quantitative estimate of drug-likeness (QED) is 0.539. The van der Waals surface area contributed by atoms with Crippen LogP contribution in [0.4, 0.5) is 52.7 Å². The standard InChI is InChI=1S/C11HF12N/c12-8(13,14)4-1-3(2-24)5(9(15,16)17)7(11(21,22)23)6(4)10(18,19)20/h1H. The number of nitriles is 1. The van der Waals surface area contributed by atoms with Crippen molar-refractivity contribution in [3.05, 3.63) is 33.9 Å². The molecule has 0 spiro atoms. The van der Waals surface area contributed by atoms with Crippen LogP contribution in [0.2, 0.25) is 0 Å². The molecule has 1 nitrogen and oxygen atoms in total. The number of nitrogens with zero attached hydrogens (tertiary/aromatic N) is 1. The van der Waals surface area contributed by atoms with Gasteiger partial charge in [0.1, 0.15) is 0 Å². The summed E-state index contributed by atoms with van der Waals surface area (Å²) in [6.07, 6.45) is -25.1. The van der Waals surface area contributed by atoms with Gasteiger partial charge in [0.15, 0.2) is 0 Å². The Balaban J connectivity index is 4.29. The zero-order chi connectivity index (χ0) is 19.3. The lowest BCUT2D eigenvalue weighted by Crippen LogP contribution is -2.28. The fraction of sp³-hybridized carbons (Fsp3) is 0.364. The van der Waals surface area contributed by atoms with Crippen LogP contribution < -0.4 is 0 Å². The second-order valence-electron chi connectivity index (χ2n) is 4.20. The molecule has 1 aromatic rings.